The molecule has 2 saturated carbocycles. The molecule has 22 heavy (non-hydrogen) atoms. The molecule has 2 aliphatic rings. The molecule has 0 spiro atoms. The lowest BCUT2D eigenvalue weighted by Crippen LogP contribution is -2.07. The highest BCUT2D eigenvalue weighted by atomic mass is 17.0. The average molecular weight is 310 g/mol. The van der Waals surface area contributed by atoms with E-state index in [2.05, 4.69) is 24.3 Å². The van der Waals surface area contributed by atoms with Crippen LogP contribution >= 0.6 is 0 Å². The van der Waals surface area contributed by atoms with Crippen LogP contribution in [0.4, 0.5) is 0 Å². The first-order valence-corrected chi connectivity index (χ1v) is 8.43. The summed E-state index contributed by atoms with van der Waals surface area (Å²) in [6.07, 6.45) is 14.4. The van der Waals surface area contributed by atoms with Crippen molar-refractivity contribution in [2.24, 2.45) is 0 Å². The maximum atomic E-state index is 6.00. The third-order valence-electron chi connectivity index (χ3n) is 5.06. The first-order chi connectivity index (χ1) is 10.9. The van der Waals surface area contributed by atoms with Crippen molar-refractivity contribution in [3.8, 4) is 0 Å². The number of hydrogen-bond donors (Lipinski definition) is 4. The van der Waals surface area contributed by atoms with Gasteiger partial charge in [0.05, 0.1) is 0 Å². The first kappa shape index (κ1) is 19.1. The average Bonchev–Trinajstić information content (AvgIpc) is 2.67. The second-order valence-corrected chi connectivity index (χ2v) is 6.34. The zero-order chi connectivity index (χ0) is 16.2. The Kier molecular flexibility index (Phi) is 10.1. The van der Waals surface area contributed by atoms with Gasteiger partial charge >= 0.3 is 0 Å². The quantitative estimate of drug-likeness (QED) is 0.410. The smallest absolute Gasteiger partial charge is 0.0162 e. The molecule has 2 fully saturated rings. The van der Waals surface area contributed by atoms with E-state index in [1.807, 2.05) is 0 Å². The normalized spacial score (nSPS) is 19.5. The van der Waals surface area contributed by atoms with Crippen LogP contribution in [0.15, 0.2) is 24.3 Å². The second kappa shape index (κ2) is 11.6. The Balaban J connectivity index is 0.000000561. The lowest BCUT2D eigenvalue weighted by Gasteiger charge is -2.25. The van der Waals surface area contributed by atoms with Crippen molar-refractivity contribution in [2.45, 2.75) is 76.0 Å². The van der Waals surface area contributed by atoms with Gasteiger partial charge in [0.15, 0.2) is 0 Å². The lowest BCUT2D eigenvalue weighted by atomic mass is 9.80. The third kappa shape index (κ3) is 5.69. The highest BCUT2D eigenvalue weighted by molar-refractivity contribution is 5.29. The zero-order valence-electron chi connectivity index (χ0n) is 13.3. The summed E-state index contributed by atoms with van der Waals surface area (Å²) in [5.41, 5.74) is 3.27. The van der Waals surface area contributed by atoms with Crippen molar-refractivity contribution in [1.82, 2.24) is 0 Å². The fourth-order valence-corrected chi connectivity index (χ4v) is 3.94. The molecule has 4 heteroatoms. The SMILES string of the molecule is OO.OO.c1cc(C2CCCCC2)cc(C2CCCCC2)c1. The van der Waals surface area contributed by atoms with Crippen LogP contribution < -0.4 is 0 Å². The van der Waals surface area contributed by atoms with E-state index >= 15 is 0 Å². The van der Waals surface area contributed by atoms with Gasteiger partial charge in [0.1, 0.15) is 0 Å². The highest BCUT2D eigenvalue weighted by Crippen LogP contribution is 2.36. The number of hydrogen-bond acceptors (Lipinski definition) is 4. The summed E-state index contributed by atoms with van der Waals surface area (Å²) in [6.45, 7) is 0. The van der Waals surface area contributed by atoms with E-state index in [0.717, 1.165) is 11.8 Å². The van der Waals surface area contributed by atoms with E-state index in [1.165, 1.54) is 64.2 Å². The summed E-state index contributed by atoms with van der Waals surface area (Å²) >= 11 is 0. The Morgan fingerprint density at radius 1 is 0.591 bits per heavy atom. The minimum atomic E-state index is 0.863. The summed E-state index contributed by atoms with van der Waals surface area (Å²) in [6, 6.07) is 9.62. The standard InChI is InChI=1S/C18H26.2H2O2/c1-3-8-15(9-4-1)17-12-7-13-18(14-17)16-10-5-2-6-11-16;2*1-2/h7,12-16H,1-6,8-11H2;2*1-2H. The van der Waals surface area contributed by atoms with Gasteiger partial charge in [-0.15, -0.1) is 0 Å². The van der Waals surface area contributed by atoms with Crippen LogP contribution in [0.1, 0.15) is 87.2 Å². The Labute approximate surface area is 133 Å². The van der Waals surface area contributed by atoms with Crippen molar-refractivity contribution >= 4 is 0 Å². The lowest BCUT2D eigenvalue weighted by molar-refractivity contribution is -0.176. The van der Waals surface area contributed by atoms with Crippen molar-refractivity contribution in [1.29, 1.82) is 0 Å². The molecule has 0 heterocycles. The van der Waals surface area contributed by atoms with Crippen LogP contribution in [0.5, 0.6) is 0 Å². The van der Waals surface area contributed by atoms with Crippen molar-refractivity contribution in [3.05, 3.63) is 35.4 Å². The Bertz CT molecular complexity index is 349. The van der Waals surface area contributed by atoms with E-state index in [0.29, 0.717) is 0 Å². The van der Waals surface area contributed by atoms with Gasteiger partial charge in [0.2, 0.25) is 0 Å². The van der Waals surface area contributed by atoms with Crippen molar-refractivity contribution in [3.63, 3.8) is 0 Å². The number of benzene rings is 1. The van der Waals surface area contributed by atoms with E-state index < -0.39 is 0 Å². The molecule has 4 nitrogen and oxygen atoms in total. The maximum absolute atomic E-state index is 6.00. The fourth-order valence-electron chi connectivity index (χ4n) is 3.94. The Hall–Kier alpha value is -0.940. The largest absolute Gasteiger partial charge is 0.255 e. The van der Waals surface area contributed by atoms with Gasteiger partial charge in [-0.3, -0.25) is 21.0 Å². The van der Waals surface area contributed by atoms with Gasteiger partial charge in [-0.1, -0.05) is 62.8 Å². The molecule has 0 unspecified atom stereocenters. The van der Waals surface area contributed by atoms with Gasteiger partial charge in [0.25, 0.3) is 0 Å². The Morgan fingerprint density at radius 3 is 1.32 bits per heavy atom. The molecule has 0 bridgehead atoms. The highest BCUT2D eigenvalue weighted by Gasteiger charge is 2.19. The predicted octanol–water partition coefficient (Wildman–Crippen LogP) is 5.82. The summed E-state index contributed by atoms with van der Waals surface area (Å²) in [4.78, 5) is 0. The summed E-state index contributed by atoms with van der Waals surface area (Å²) in [5, 5.41) is 24.0. The van der Waals surface area contributed by atoms with Gasteiger partial charge in [-0.2, -0.15) is 0 Å². The van der Waals surface area contributed by atoms with Gasteiger partial charge < -0.3 is 0 Å². The number of rotatable bonds is 2. The molecule has 3 rings (SSSR count). The van der Waals surface area contributed by atoms with Crippen LogP contribution in [0.3, 0.4) is 0 Å². The molecule has 0 amide bonds. The zero-order valence-corrected chi connectivity index (χ0v) is 13.3. The van der Waals surface area contributed by atoms with E-state index in [4.69, 9.17) is 21.0 Å². The van der Waals surface area contributed by atoms with E-state index in [-0.39, 0.29) is 0 Å². The summed E-state index contributed by atoms with van der Waals surface area (Å²) in [5.74, 6) is 1.73. The molecule has 0 aliphatic heterocycles. The summed E-state index contributed by atoms with van der Waals surface area (Å²) in [7, 11) is 0. The molecule has 1 aromatic rings. The van der Waals surface area contributed by atoms with Gasteiger partial charge in [-0.05, 0) is 48.6 Å². The minimum Gasteiger partial charge on any atom is -0.255 e. The molecule has 0 saturated heterocycles. The molecule has 126 valence electrons. The van der Waals surface area contributed by atoms with Crippen molar-refractivity contribution < 1.29 is 21.0 Å². The second-order valence-electron chi connectivity index (χ2n) is 6.34. The molecule has 4 N–H and O–H groups in total. The first-order valence-electron chi connectivity index (χ1n) is 8.43. The van der Waals surface area contributed by atoms with Gasteiger partial charge in [-0.25, -0.2) is 0 Å². The Morgan fingerprint density at radius 2 is 0.955 bits per heavy atom. The van der Waals surface area contributed by atoms with Gasteiger partial charge in [0, 0.05) is 0 Å². The molecular formula is C18H30O4. The van der Waals surface area contributed by atoms with Crippen LogP contribution in [-0.2, 0) is 0 Å². The topological polar surface area (TPSA) is 80.9 Å². The van der Waals surface area contributed by atoms with Crippen LogP contribution in [-0.4, -0.2) is 21.0 Å². The van der Waals surface area contributed by atoms with Crippen LogP contribution in [0, 0.1) is 0 Å². The monoisotopic (exact) mass is 310 g/mol. The molecule has 0 atom stereocenters. The molecule has 2 aliphatic carbocycles. The maximum Gasteiger partial charge on any atom is -0.0162 e. The van der Waals surface area contributed by atoms with E-state index in [1.54, 1.807) is 11.1 Å². The van der Waals surface area contributed by atoms with Crippen LogP contribution in [0.2, 0.25) is 0 Å². The van der Waals surface area contributed by atoms with Crippen LogP contribution in [0.25, 0.3) is 0 Å². The fraction of sp³-hybridized carbons (Fsp3) is 0.667. The summed E-state index contributed by atoms with van der Waals surface area (Å²) < 4.78 is 0. The molecule has 0 radical (unpaired) electrons. The predicted molar refractivity (Wildman–Crippen MR) is 88.6 cm³/mol. The molecule has 0 aromatic heterocycles. The van der Waals surface area contributed by atoms with Crippen molar-refractivity contribution in [2.75, 3.05) is 0 Å². The third-order valence-corrected chi connectivity index (χ3v) is 5.06. The molecule has 1 aromatic carbocycles. The minimum absolute atomic E-state index is 0.863. The molecular weight excluding hydrogens is 280 g/mol. The van der Waals surface area contributed by atoms with E-state index in [9.17, 15) is 0 Å².